The number of sulfonamides is 1. The number of nitro benzene ring substituents is 2. The van der Waals surface area contributed by atoms with Crippen molar-refractivity contribution in [2.24, 2.45) is 0 Å². The van der Waals surface area contributed by atoms with Gasteiger partial charge in [-0.3, -0.25) is 25.0 Å². The first kappa shape index (κ1) is 17.1. The number of non-ortho nitro benzene ring substituents is 1. The third kappa shape index (κ3) is 3.57. The van der Waals surface area contributed by atoms with Crippen LogP contribution in [-0.2, 0) is 10.0 Å². The highest BCUT2D eigenvalue weighted by Gasteiger charge is 2.22. The van der Waals surface area contributed by atoms with Gasteiger partial charge < -0.3 is 4.74 Å². The summed E-state index contributed by atoms with van der Waals surface area (Å²) in [5, 5.41) is 21.7. The standard InChI is InChI=1S/C13H11N3O7S/c1-23-10-4-7-12(13(8-10)16(19)20)14-24(21,22)11-5-2-9(3-6-11)15(17)18/h2-8,14H,1H3. The number of methoxy groups -OCH3 is 1. The number of anilines is 1. The Bertz CT molecular complexity index is 894. The van der Waals surface area contributed by atoms with E-state index in [0.29, 0.717) is 0 Å². The molecule has 11 heteroatoms. The molecule has 2 rings (SSSR count). The van der Waals surface area contributed by atoms with Crippen LogP contribution in [0.5, 0.6) is 5.75 Å². The molecule has 0 amide bonds. The van der Waals surface area contributed by atoms with Gasteiger partial charge in [-0.15, -0.1) is 0 Å². The predicted molar refractivity (Wildman–Crippen MR) is 83.6 cm³/mol. The summed E-state index contributed by atoms with van der Waals surface area (Å²) in [6, 6.07) is 7.76. The van der Waals surface area contributed by atoms with E-state index >= 15 is 0 Å². The molecule has 0 saturated heterocycles. The van der Waals surface area contributed by atoms with Crippen LogP contribution < -0.4 is 9.46 Å². The van der Waals surface area contributed by atoms with Crippen molar-refractivity contribution in [3.63, 3.8) is 0 Å². The second kappa shape index (κ2) is 6.50. The SMILES string of the molecule is COc1ccc(NS(=O)(=O)c2ccc([N+](=O)[O-])cc2)c([N+](=O)[O-])c1. The number of rotatable bonds is 6. The smallest absolute Gasteiger partial charge is 0.297 e. The summed E-state index contributed by atoms with van der Waals surface area (Å²) < 4.78 is 31.5. The third-order valence-corrected chi connectivity index (χ3v) is 4.39. The summed E-state index contributed by atoms with van der Waals surface area (Å²) in [5.74, 6) is 0.194. The largest absolute Gasteiger partial charge is 0.496 e. The lowest BCUT2D eigenvalue weighted by molar-refractivity contribution is -0.384. The molecule has 0 fully saturated rings. The number of nitro groups is 2. The second-order valence-electron chi connectivity index (χ2n) is 4.50. The maximum atomic E-state index is 12.3. The summed E-state index contributed by atoms with van der Waals surface area (Å²) >= 11 is 0. The van der Waals surface area contributed by atoms with Gasteiger partial charge in [0.05, 0.1) is 27.9 Å². The summed E-state index contributed by atoms with van der Waals surface area (Å²) in [7, 11) is -2.83. The average Bonchev–Trinajstić information content (AvgIpc) is 2.54. The highest BCUT2D eigenvalue weighted by molar-refractivity contribution is 7.92. The van der Waals surface area contributed by atoms with Crippen LogP contribution >= 0.6 is 0 Å². The summed E-state index contributed by atoms with van der Waals surface area (Å²) in [6.45, 7) is 0. The van der Waals surface area contributed by atoms with Gasteiger partial charge in [-0.2, -0.15) is 0 Å². The monoisotopic (exact) mass is 353 g/mol. The molecule has 0 spiro atoms. The van der Waals surface area contributed by atoms with E-state index in [9.17, 15) is 28.6 Å². The van der Waals surface area contributed by atoms with Gasteiger partial charge in [0.25, 0.3) is 21.4 Å². The Morgan fingerprint density at radius 2 is 1.62 bits per heavy atom. The maximum absolute atomic E-state index is 12.3. The fraction of sp³-hybridized carbons (Fsp3) is 0.0769. The van der Waals surface area contributed by atoms with Crippen molar-refractivity contribution in [3.8, 4) is 5.75 Å². The molecule has 0 atom stereocenters. The van der Waals surface area contributed by atoms with E-state index in [1.165, 1.54) is 19.2 Å². The Morgan fingerprint density at radius 1 is 1.00 bits per heavy atom. The lowest BCUT2D eigenvalue weighted by Gasteiger charge is -2.09. The van der Waals surface area contributed by atoms with Crippen LogP contribution in [0.1, 0.15) is 0 Å². The first-order chi connectivity index (χ1) is 11.2. The number of hydrogen-bond acceptors (Lipinski definition) is 7. The Balaban J connectivity index is 2.38. The highest BCUT2D eigenvalue weighted by atomic mass is 32.2. The van der Waals surface area contributed by atoms with Crippen LogP contribution in [-0.4, -0.2) is 25.4 Å². The van der Waals surface area contributed by atoms with Crippen LogP contribution in [0.3, 0.4) is 0 Å². The van der Waals surface area contributed by atoms with Gasteiger partial charge in [0, 0.05) is 12.1 Å². The molecule has 1 N–H and O–H groups in total. The van der Waals surface area contributed by atoms with Crippen molar-refractivity contribution in [2.45, 2.75) is 4.90 Å². The zero-order valence-electron chi connectivity index (χ0n) is 12.2. The van der Waals surface area contributed by atoms with Gasteiger partial charge in [0.1, 0.15) is 11.4 Å². The quantitative estimate of drug-likeness (QED) is 0.620. The number of nitrogens with one attached hydrogen (secondary N) is 1. The van der Waals surface area contributed by atoms with Crippen molar-refractivity contribution in [2.75, 3.05) is 11.8 Å². The van der Waals surface area contributed by atoms with Gasteiger partial charge in [-0.25, -0.2) is 8.42 Å². The summed E-state index contributed by atoms with van der Waals surface area (Å²) in [4.78, 5) is 20.0. The molecule has 0 aromatic heterocycles. The van der Waals surface area contributed by atoms with E-state index in [-0.39, 0.29) is 22.0 Å². The molecule has 0 unspecified atom stereocenters. The number of nitrogens with zero attached hydrogens (tertiary/aromatic N) is 2. The Morgan fingerprint density at radius 3 is 2.12 bits per heavy atom. The topological polar surface area (TPSA) is 142 Å². The number of hydrogen-bond donors (Lipinski definition) is 1. The number of ether oxygens (including phenoxy) is 1. The first-order valence-corrected chi connectivity index (χ1v) is 7.82. The normalized spacial score (nSPS) is 10.9. The van der Waals surface area contributed by atoms with Crippen LogP contribution in [0, 0.1) is 20.2 Å². The molecule has 0 radical (unpaired) electrons. The van der Waals surface area contributed by atoms with Crippen LogP contribution in [0.15, 0.2) is 47.4 Å². The minimum absolute atomic E-state index is 0.194. The van der Waals surface area contributed by atoms with E-state index in [1.807, 2.05) is 0 Å². The van der Waals surface area contributed by atoms with Crippen molar-refractivity contribution in [1.82, 2.24) is 0 Å². The molecule has 0 saturated carbocycles. The molecule has 0 heterocycles. The lowest BCUT2D eigenvalue weighted by Crippen LogP contribution is -2.14. The molecule has 126 valence electrons. The van der Waals surface area contributed by atoms with Gasteiger partial charge in [0.15, 0.2) is 0 Å². The molecule has 10 nitrogen and oxygen atoms in total. The van der Waals surface area contributed by atoms with Crippen LogP contribution in [0.25, 0.3) is 0 Å². The Hall–Kier alpha value is -3.21. The van der Waals surface area contributed by atoms with Gasteiger partial charge in [0.2, 0.25) is 0 Å². The molecular weight excluding hydrogens is 342 g/mol. The maximum Gasteiger partial charge on any atom is 0.297 e. The molecule has 0 aliphatic carbocycles. The Kier molecular flexibility index (Phi) is 4.64. The van der Waals surface area contributed by atoms with E-state index in [2.05, 4.69) is 4.72 Å². The first-order valence-electron chi connectivity index (χ1n) is 6.34. The fourth-order valence-electron chi connectivity index (χ4n) is 1.83. The summed E-state index contributed by atoms with van der Waals surface area (Å²) in [5.41, 5.74) is -1.01. The zero-order valence-corrected chi connectivity index (χ0v) is 13.0. The van der Waals surface area contributed by atoms with E-state index < -0.39 is 25.6 Å². The van der Waals surface area contributed by atoms with Crippen molar-refractivity contribution < 1.29 is 23.0 Å². The lowest BCUT2D eigenvalue weighted by atomic mass is 10.2. The van der Waals surface area contributed by atoms with Gasteiger partial charge in [-0.1, -0.05) is 0 Å². The fourth-order valence-corrected chi connectivity index (χ4v) is 2.90. The zero-order chi connectivity index (χ0) is 17.9. The van der Waals surface area contributed by atoms with Crippen molar-refractivity contribution in [3.05, 3.63) is 62.7 Å². The molecule has 2 aromatic carbocycles. The second-order valence-corrected chi connectivity index (χ2v) is 6.18. The molecule has 0 bridgehead atoms. The highest BCUT2D eigenvalue weighted by Crippen LogP contribution is 2.31. The van der Waals surface area contributed by atoms with Gasteiger partial charge in [-0.05, 0) is 24.3 Å². The van der Waals surface area contributed by atoms with E-state index in [0.717, 1.165) is 30.3 Å². The number of benzene rings is 2. The predicted octanol–water partition coefficient (Wildman–Crippen LogP) is 2.31. The van der Waals surface area contributed by atoms with E-state index in [4.69, 9.17) is 4.74 Å². The van der Waals surface area contributed by atoms with E-state index in [1.54, 1.807) is 0 Å². The molecular formula is C13H11N3O7S. The molecule has 0 aliphatic heterocycles. The summed E-state index contributed by atoms with van der Waals surface area (Å²) in [6.07, 6.45) is 0. The van der Waals surface area contributed by atoms with Crippen molar-refractivity contribution in [1.29, 1.82) is 0 Å². The molecule has 24 heavy (non-hydrogen) atoms. The minimum atomic E-state index is -4.15. The molecule has 0 aliphatic rings. The molecule has 2 aromatic rings. The average molecular weight is 353 g/mol. The third-order valence-electron chi connectivity index (χ3n) is 3.00. The van der Waals surface area contributed by atoms with Crippen LogP contribution in [0.4, 0.5) is 17.1 Å². The van der Waals surface area contributed by atoms with Crippen LogP contribution in [0.2, 0.25) is 0 Å². The van der Waals surface area contributed by atoms with Gasteiger partial charge >= 0.3 is 0 Å². The van der Waals surface area contributed by atoms with Crippen molar-refractivity contribution >= 4 is 27.1 Å². The Labute approximate surface area is 136 Å². The minimum Gasteiger partial charge on any atom is -0.496 e.